The van der Waals surface area contributed by atoms with Crippen LogP contribution in [0, 0.1) is 0 Å². The van der Waals surface area contributed by atoms with E-state index in [9.17, 15) is 0 Å². The van der Waals surface area contributed by atoms with E-state index >= 15 is 0 Å². The molecule has 0 bridgehead atoms. The maximum atomic E-state index is 2.51. The van der Waals surface area contributed by atoms with Crippen LogP contribution in [0.3, 0.4) is 0 Å². The minimum atomic E-state index is 1.10. The molecule has 12 aromatic rings. The van der Waals surface area contributed by atoms with Crippen LogP contribution in [0.15, 0.2) is 231 Å². The Kier molecular flexibility index (Phi) is 8.39. The summed E-state index contributed by atoms with van der Waals surface area (Å²) in [7, 11) is 0. The summed E-state index contributed by atoms with van der Waals surface area (Å²) in [6, 6.07) is 83.9. The number of fused-ring (bicyclic) bond motifs is 10. The van der Waals surface area contributed by atoms with E-state index in [1.165, 1.54) is 86.1 Å². The molecule has 10 aromatic carbocycles. The third kappa shape index (κ3) is 5.93. The van der Waals surface area contributed by atoms with Crippen molar-refractivity contribution in [3.8, 4) is 39.1 Å². The Morgan fingerprint density at radius 3 is 1.30 bits per heavy atom. The van der Waals surface area contributed by atoms with Crippen molar-refractivity contribution >= 4 is 81.1 Å². The first kappa shape index (κ1) is 35.2. The van der Waals surface area contributed by atoms with Crippen LogP contribution in [-0.2, 0) is 0 Å². The van der Waals surface area contributed by atoms with Crippen LogP contribution >= 0.6 is 11.3 Å². The molecule has 2 heterocycles. The third-order valence-electron chi connectivity index (χ3n) is 12.2. The van der Waals surface area contributed by atoms with Gasteiger partial charge in [0, 0.05) is 49.0 Å². The number of aromatic nitrogens is 1. The van der Waals surface area contributed by atoms with Gasteiger partial charge in [0.1, 0.15) is 0 Å². The van der Waals surface area contributed by atoms with Crippen molar-refractivity contribution in [2.75, 3.05) is 4.90 Å². The Hall–Kier alpha value is -7.72. The van der Waals surface area contributed by atoms with E-state index in [0.29, 0.717) is 0 Å². The third-order valence-corrected chi connectivity index (χ3v) is 13.4. The monoisotopic (exact) mass is 794 g/mol. The van der Waals surface area contributed by atoms with Crippen molar-refractivity contribution < 1.29 is 0 Å². The van der Waals surface area contributed by atoms with Crippen LogP contribution in [-0.4, -0.2) is 4.57 Å². The first-order valence-corrected chi connectivity index (χ1v) is 21.7. The maximum absolute atomic E-state index is 2.51. The lowest BCUT2D eigenvalue weighted by Gasteiger charge is -2.26. The average molecular weight is 795 g/mol. The first-order chi connectivity index (χ1) is 30.3. The van der Waals surface area contributed by atoms with E-state index < -0.39 is 0 Å². The highest BCUT2D eigenvalue weighted by atomic mass is 32.1. The minimum absolute atomic E-state index is 1.10. The highest BCUT2D eigenvalue weighted by Gasteiger charge is 2.23. The van der Waals surface area contributed by atoms with E-state index in [1.807, 2.05) is 11.3 Å². The number of thiophene rings is 1. The van der Waals surface area contributed by atoms with E-state index in [0.717, 1.165) is 22.7 Å². The van der Waals surface area contributed by atoms with Gasteiger partial charge in [-0.15, -0.1) is 11.3 Å². The molecule has 0 N–H and O–H groups in total. The summed E-state index contributed by atoms with van der Waals surface area (Å²) < 4.78 is 5.13. The number of nitrogens with zero attached hydrogens (tertiary/aromatic N) is 2. The molecule has 0 saturated carbocycles. The lowest BCUT2D eigenvalue weighted by Crippen LogP contribution is -2.10. The number of hydrogen-bond donors (Lipinski definition) is 0. The molecule has 0 fully saturated rings. The van der Waals surface area contributed by atoms with Gasteiger partial charge in [0.15, 0.2) is 0 Å². The second kappa shape index (κ2) is 14.5. The molecule has 0 unspecified atom stereocenters. The number of hydrogen-bond acceptors (Lipinski definition) is 2. The second-order valence-corrected chi connectivity index (χ2v) is 16.7. The Bertz CT molecular complexity index is 3450. The summed E-state index contributed by atoms with van der Waals surface area (Å²) >= 11 is 1.90. The SMILES string of the molecule is c1ccc(-c2ccc(N(c3ccc(-c4ccccc4)cc3)c3ccc4c(c3)c3c5ccccc5c5c6ccccc6sc5c3n4-c3ccc(-c4ccccc4)cc3)cc2)cc1. The van der Waals surface area contributed by atoms with Crippen molar-refractivity contribution in [3.63, 3.8) is 0 Å². The van der Waals surface area contributed by atoms with Gasteiger partial charge in [0.25, 0.3) is 0 Å². The summed E-state index contributed by atoms with van der Waals surface area (Å²) in [5, 5.41) is 7.69. The first-order valence-electron chi connectivity index (χ1n) is 20.8. The summed E-state index contributed by atoms with van der Waals surface area (Å²) in [5.41, 5.74) is 14.1. The Morgan fingerprint density at radius 2 is 0.754 bits per heavy atom. The van der Waals surface area contributed by atoms with Crippen molar-refractivity contribution in [3.05, 3.63) is 231 Å². The summed E-state index contributed by atoms with van der Waals surface area (Å²) in [6.45, 7) is 0. The van der Waals surface area contributed by atoms with E-state index in [1.54, 1.807) is 0 Å². The zero-order chi connectivity index (χ0) is 40.3. The topological polar surface area (TPSA) is 8.17 Å². The zero-order valence-electron chi connectivity index (χ0n) is 33.2. The van der Waals surface area contributed by atoms with Crippen LogP contribution in [0.1, 0.15) is 0 Å². The van der Waals surface area contributed by atoms with Crippen molar-refractivity contribution in [2.45, 2.75) is 0 Å². The second-order valence-electron chi connectivity index (χ2n) is 15.7. The van der Waals surface area contributed by atoms with Gasteiger partial charge in [-0.1, -0.05) is 170 Å². The molecule has 0 atom stereocenters. The van der Waals surface area contributed by atoms with Gasteiger partial charge in [0.05, 0.1) is 15.7 Å². The quantitative estimate of drug-likeness (QED) is 0.156. The van der Waals surface area contributed by atoms with Gasteiger partial charge < -0.3 is 9.47 Å². The van der Waals surface area contributed by atoms with Crippen LogP contribution in [0.25, 0.3) is 91.8 Å². The van der Waals surface area contributed by atoms with Gasteiger partial charge in [-0.25, -0.2) is 0 Å². The lowest BCUT2D eigenvalue weighted by atomic mass is 9.98. The molecular formula is C58H38N2S. The van der Waals surface area contributed by atoms with E-state index in [4.69, 9.17) is 0 Å². The largest absolute Gasteiger partial charge is 0.310 e. The van der Waals surface area contributed by atoms with Crippen molar-refractivity contribution in [1.82, 2.24) is 4.57 Å². The lowest BCUT2D eigenvalue weighted by molar-refractivity contribution is 1.19. The highest BCUT2D eigenvalue weighted by molar-refractivity contribution is 7.27. The molecule has 2 nitrogen and oxygen atoms in total. The van der Waals surface area contributed by atoms with E-state index in [2.05, 4.69) is 240 Å². The fourth-order valence-electron chi connectivity index (χ4n) is 9.32. The molecule has 0 aliphatic carbocycles. The Labute approximate surface area is 358 Å². The zero-order valence-corrected chi connectivity index (χ0v) is 34.1. The van der Waals surface area contributed by atoms with E-state index in [-0.39, 0.29) is 0 Å². The molecule has 0 spiro atoms. The molecule has 0 amide bonds. The van der Waals surface area contributed by atoms with Crippen LogP contribution in [0.5, 0.6) is 0 Å². The van der Waals surface area contributed by atoms with Gasteiger partial charge in [-0.3, -0.25) is 0 Å². The predicted molar refractivity (Wildman–Crippen MR) is 262 cm³/mol. The summed E-state index contributed by atoms with van der Waals surface area (Å²) in [6.07, 6.45) is 0. The maximum Gasteiger partial charge on any atom is 0.0726 e. The fourth-order valence-corrected chi connectivity index (χ4v) is 10.6. The molecule has 0 radical (unpaired) electrons. The fraction of sp³-hybridized carbons (Fsp3) is 0. The Balaban J connectivity index is 1.12. The molecular weight excluding hydrogens is 757 g/mol. The Morgan fingerprint density at radius 1 is 0.328 bits per heavy atom. The number of benzene rings is 10. The van der Waals surface area contributed by atoms with Crippen LogP contribution in [0.4, 0.5) is 17.1 Å². The highest BCUT2D eigenvalue weighted by Crippen LogP contribution is 2.49. The minimum Gasteiger partial charge on any atom is -0.310 e. The summed E-state index contributed by atoms with van der Waals surface area (Å²) in [4.78, 5) is 2.40. The van der Waals surface area contributed by atoms with Crippen molar-refractivity contribution in [1.29, 1.82) is 0 Å². The van der Waals surface area contributed by atoms with Gasteiger partial charge in [-0.05, 0) is 105 Å². The van der Waals surface area contributed by atoms with Crippen LogP contribution in [0.2, 0.25) is 0 Å². The summed E-state index contributed by atoms with van der Waals surface area (Å²) in [5.74, 6) is 0. The number of anilines is 3. The molecule has 12 rings (SSSR count). The molecule has 3 heteroatoms. The van der Waals surface area contributed by atoms with Gasteiger partial charge in [0.2, 0.25) is 0 Å². The smallest absolute Gasteiger partial charge is 0.0726 e. The number of rotatable bonds is 7. The van der Waals surface area contributed by atoms with Gasteiger partial charge in [-0.2, -0.15) is 0 Å². The standard InChI is InChI=1S/C58H38N2S/c1-4-14-39(15-5-1)42-24-30-45(31-25-42)59(46-32-26-43(27-33-46)40-16-6-2-7-17-40)48-36-37-53-52(38-48)55-49-20-10-11-21-50(49)56-51-22-12-13-23-54(51)61-58(56)57(55)60(53)47-34-28-44(29-35-47)41-18-8-3-9-19-41/h1-38H. The van der Waals surface area contributed by atoms with Gasteiger partial charge >= 0.3 is 0 Å². The molecule has 286 valence electrons. The molecule has 2 aromatic heterocycles. The van der Waals surface area contributed by atoms with Crippen LogP contribution < -0.4 is 4.90 Å². The van der Waals surface area contributed by atoms with Crippen molar-refractivity contribution in [2.24, 2.45) is 0 Å². The molecule has 0 aliphatic heterocycles. The molecule has 61 heavy (non-hydrogen) atoms. The average Bonchev–Trinajstić information content (AvgIpc) is 3.90. The molecule has 0 aliphatic rings. The normalized spacial score (nSPS) is 11.6. The predicted octanol–water partition coefficient (Wildman–Crippen LogP) is 16.8. The molecule has 0 saturated heterocycles.